The lowest BCUT2D eigenvalue weighted by molar-refractivity contribution is -0.385. The van der Waals surface area contributed by atoms with E-state index in [4.69, 9.17) is 16.0 Å². The van der Waals surface area contributed by atoms with Crippen LogP contribution >= 0.6 is 11.6 Å². The van der Waals surface area contributed by atoms with Crippen molar-refractivity contribution in [1.82, 2.24) is 0 Å². The number of nitro groups is 1. The van der Waals surface area contributed by atoms with Crippen LogP contribution in [0.5, 0.6) is 0 Å². The number of aryl methyl sites for hydroxylation is 1. The lowest BCUT2D eigenvalue weighted by atomic mass is 10.2. The van der Waals surface area contributed by atoms with E-state index in [1.165, 1.54) is 30.3 Å². The average Bonchev–Trinajstić information content (AvgIpc) is 3.09. The molecular weight excluding hydrogens is 363 g/mol. The number of nitrogens with zero attached hydrogens (tertiary/aromatic N) is 1. The summed E-state index contributed by atoms with van der Waals surface area (Å²) in [6.45, 7) is 1.61. The minimum Gasteiger partial charge on any atom is -0.451 e. The molecule has 3 aromatic rings. The molecule has 0 aliphatic heterocycles. The SMILES string of the molecule is Cc1ccc(NC(=O)c2ccc(-c3ccc(F)c(Cl)c3)o2)cc1[N+](=O)[O-]. The van der Waals surface area contributed by atoms with Gasteiger partial charge in [-0.1, -0.05) is 17.7 Å². The molecule has 1 N–H and O–H groups in total. The van der Waals surface area contributed by atoms with Crippen LogP contribution in [-0.4, -0.2) is 10.8 Å². The zero-order valence-electron chi connectivity index (χ0n) is 13.5. The molecule has 1 aromatic heterocycles. The van der Waals surface area contributed by atoms with Gasteiger partial charge in [-0.05, 0) is 43.3 Å². The summed E-state index contributed by atoms with van der Waals surface area (Å²) in [5.74, 6) is -0.779. The van der Waals surface area contributed by atoms with Crippen LogP contribution in [0.25, 0.3) is 11.3 Å². The highest BCUT2D eigenvalue weighted by molar-refractivity contribution is 6.31. The van der Waals surface area contributed by atoms with Crippen molar-refractivity contribution in [3.63, 3.8) is 0 Å². The highest BCUT2D eigenvalue weighted by Gasteiger charge is 2.16. The van der Waals surface area contributed by atoms with Gasteiger partial charge in [-0.3, -0.25) is 14.9 Å². The fraction of sp³-hybridized carbons (Fsp3) is 0.0556. The van der Waals surface area contributed by atoms with E-state index in [1.807, 2.05) is 0 Å². The summed E-state index contributed by atoms with van der Waals surface area (Å²) in [6, 6.07) is 11.4. The fourth-order valence-corrected chi connectivity index (χ4v) is 2.52. The minimum absolute atomic E-state index is 0.00340. The summed E-state index contributed by atoms with van der Waals surface area (Å²) in [7, 11) is 0. The van der Waals surface area contributed by atoms with Gasteiger partial charge in [-0.2, -0.15) is 0 Å². The summed E-state index contributed by atoms with van der Waals surface area (Å²) in [4.78, 5) is 22.7. The van der Waals surface area contributed by atoms with E-state index in [1.54, 1.807) is 25.1 Å². The third-order valence-electron chi connectivity index (χ3n) is 3.70. The second-order valence-corrected chi connectivity index (χ2v) is 5.91. The van der Waals surface area contributed by atoms with Crippen molar-refractivity contribution >= 4 is 28.9 Å². The van der Waals surface area contributed by atoms with Crippen molar-refractivity contribution in [2.75, 3.05) is 5.32 Å². The Bertz CT molecular complexity index is 1020. The molecule has 0 fully saturated rings. The Morgan fingerprint density at radius 2 is 1.96 bits per heavy atom. The van der Waals surface area contributed by atoms with E-state index in [-0.39, 0.29) is 22.2 Å². The normalized spacial score (nSPS) is 10.6. The summed E-state index contributed by atoms with van der Waals surface area (Å²) < 4.78 is 18.7. The molecule has 1 heterocycles. The summed E-state index contributed by atoms with van der Waals surface area (Å²) in [6.07, 6.45) is 0. The molecule has 0 bridgehead atoms. The van der Waals surface area contributed by atoms with Crippen LogP contribution in [0.4, 0.5) is 15.8 Å². The van der Waals surface area contributed by atoms with Gasteiger partial charge in [0.1, 0.15) is 11.6 Å². The van der Waals surface area contributed by atoms with Crippen LogP contribution in [-0.2, 0) is 0 Å². The zero-order chi connectivity index (χ0) is 18.8. The molecule has 0 saturated heterocycles. The van der Waals surface area contributed by atoms with E-state index in [0.717, 1.165) is 0 Å². The standard InChI is InChI=1S/C18H12ClFN2O4/c1-10-2-4-12(9-15(10)22(24)25)21-18(23)17-7-6-16(26-17)11-3-5-14(20)13(19)8-11/h2-9H,1H3,(H,21,23). The van der Waals surface area contributed by atoms with Crippen LogP contribution in [0.2, 0.25) is 5.02 Å². The second kappa shape index (κ2) is 6.97. The number of hydrogen-bond acceptors (Lipinski definition) is 4. The Labute approximate surface area is 152 Å². The first-order chi connectivity index (χ1) is 12.3. The fourth-order valence-electron chi connectivity index (χ4n) is 2.34. The summed E-state index contributed by atoms with van der Waals surface area (Å²) in [5, 5.41) is 13.5. The van der Waals surface area contributed by atoms with E-state index in [2.05, 4.69) is 5.32 Å². The van der Waals surface area contributed by atoms with Crippen molar-refractivity contribution in [2.45, 2.75) is 6.92 Å². The maximum atomic E-state index is 13.2. The number of amides is 1. The number of benzene rings is 2. The van der Waals surface area contributed by atoms with Gasteiger partial charge in [0.15, 0.2) is 5.76 Å². The number of nitro benzene ring substituents is 1. The smallest absolute Gasteiger partial charge is 0.291 e. The summed E-state index contributed by atoms with van der Waals surface area (Å²) in [5.41, 5.74) is 1.18. The largest absolute Gasteiger partial charge is 0.451 e. The van der Waals surface area contributed by atoms with Crippen LogP contribution in [0.1, 0.15) is 16.1 Å². The lowest BCUT2D eigenvalue weighted by Crippen LogP contribution is -2.11. The molecule has 8 heteroatoms. The van der Waals surface area contributed by atoms with Crippen molar-refractivity contribution in [3.8, 4) is 11.3 Å². The Kier molecular flexibility index (Phi) is 4.73. The van der Waals surface area contributed by atoms with Gasteiger partial charge in [-0.15, -0.1) is 0 Å². The van der Waals surface area contributed by atoms with Crippen molar-refractivity contribution < 1.29 is 18.5 Å². The van der Waals surface area contributed by atoms with Gasteiger partial charge in [0.25, 0.3) is 11.6 Å². The highest BCUT2D eigenvalue weighted by atomic mass is 35.5. The maximum Gasteiger partial charge on any atom is 0.291 e. The average molecular weight is 375 g/mol. The predicted molar refractivity (Wildman–Crippen MR) is 94.9 cm³/mol. The van der Waals surface area contributed by atoms with Gasteiger partial charge >= 0.3 is 0 Å². The molecule has 3 rings (SSSR count). The molecule has 0 aliphatic rings. The monoisotopic (exact) mass is 374 g/mol. The van der Waals surface area contributed by atoms with E-state index in [0.29, 0.717) is 16.9 Å². The number of rotatable bonds is 4. The minimum atomic E-state index is -0.567. The Morgan fingerprint density at radius 1 is 1.19 bits per heavy atom. The number of carbonyl (C=O) groups is 1. The Morgan fingerprint density at radius 3 is 2.65 bits per heavy atom. The number of furan rings is 1. The number of halogens is 2. The first-order valence-electron chi connectivity index (χ1n) is 7.47. The van der Waals surface area contributed by atoms with Crippen LogP contribution in [0.3, 0.4) is 0 Å². The number of hydrogen-bond donors (Lipinski definition) is 1. The third kappa shape index (κ3) is 3.57. The van der Waals surface area contributed by atoms with Crippen molar-refractivity contribution in [1.29, 1.82) is 0 Å². The van der Waals surface area contributed by atoms with E-state index < -0.39 is 16.6 Å². The molecule has 26 heavy (non-hydrogen) atoms. The number of carbonyl (C=O) groups excluding carboxylic acids is 1. The van der Waals surface area contributed by atoms with Crippen LogP contribution < -0.4 is 5.32 Å². The molecule has 1 amide bonds. The maximum absolute atomic E-state index is 13.2. The van der Waals surface area contributed by atoms with Gasteiger partial charge in [-0.25, -0.2) is 4.39 Å². The quantitative estimate of drug-likeness (QED) is 0.502. The molecular formula is C18H12ClFN2O4. The molecule has 0 spiro atoms. The summed E-state index contributed by atoms with van der Waals surface area (Å²) >= 11 is 5.74. The first kappa shape index (κ1) is 17.6. The van der Waals surface area contributed by atoms with E-state index >= 15 is 0 Å². The lowest BCUT2D eigenvalue weighted by Gasteiger charge is -2.04. The molecule has 0 saturated carbocycles. The van der Waals surface area contributed by atoms with Crippen LogP contribution in [0.15, 0.2) is 52.9 Å². The molecule has 0 atom stereocenters. The third-order valence-corrected chi connectivity index (χ3v) is 3.99. The van der Waals surface area contributed by atoms with Gasteiger partial charge in [0.2, 0.25) is 0 Å². The van der Waals surface area contributed by atoms with E-state index in [9.17, 15) is 19.3 Å². The van der Waals surface area contributed by atoms with Gasteiger partial charge in [0.05, 0.1) is 9.95 Å². The Hall–Kier alpha value is -3.19. The molecule has 0 unspecified atom stereocenters. The zero-order valence-corrected chi connectivity index (χ0v) is 14.2. The molecule has 6 nitrogen and oxygen atoms in total. The highest BCUT2D eigenvalue weighted by Crippen LogP contribution is 2.27. The first-order valence-corrected chi connectivity index (χ1v) is 7.84. The predicted octanol–water partition coefficient (Wildman–Crippen LogP) is 5.21. The van der Waals surface area contributed by atoms with Crippen molar-refractivity contribution in [3.05, 3.63) is 80.8 Å². The Balaban J connectivity index is 1.81. The molecule has 132 valence electrons. The van der Waals surface area contributed by atoms with Gasteiger partial charge in [0, 0.05) is 22.9 Å². The number of anilines is 1. The molecule has 0 radical (unpaired) electrons. The topological polar surface area (TPSA) is 85.4 Å². The molecule has 0 aliphatic carbocycles. The number of nitrogens with one attached hydrogen (secondary N) is 1. The second-order valence-electron chi connectivity index (χ2n) is 5.51. The van der Waals surface area contributed by atoms with Crippen molar-refractivity contribution in [2.24, 2.45) is 0 Å². The van der Waals surface area contributed by atoms with Gasteiger partial charge < -0.3 is 9.73 Å². The molecule has 2 aromatic carbocycles. The van der Waals surface area contributed by atoms with Crippen LogP contribution in [0, 0.1) is 22.9 Å².